The van der Waals surface area contributed by atoms with Crippen LogP contribution in [-0.2, 0) is 11.3 Å². The minimum absolute atomic E-state index is 0.0374. The molecule has 26 heavy (non-hydrogen) atoms. The van der Waals surface area contributed by atoms with Crippen molar-refractivity contribution in [2.24, 2.45) is 0 Å². The number of nitrogens with zero attached hydrogens (tertiary/aromatic N) is 4. The molecular formula is C17H14ClN5O3. The number of carbonyl (C=O) groups excluding carboxylic acids is 1. The summed E-state index contributed by atoms with van der Waals surface area (Å²) in [6.45, 7) is 1.42. The van der Waals surface area contributed by atoms with Gasteiger partial charge in [0.05, 0.1) is 12.2 Å². The van der Waals surface area contributed by atoms with Crippen molar-refractivity contribution in [3.8, 4) is 5.69 Å². The number of pyridine rings is 1. The number of benzene rings is 1. The van der Waals surface area contributed by atoms with E-state index in [0.717, 1.165) is 15.4 Å². The number of aromatic nitrogens is 4. The monoisotopic (exact) mass is 371 g/mol. The Morgan fingerprint density at radius 1 is 1.19 bits per heavy atom. The Labute approximate surface area is 152 Å². The summed E-state index contributed by atoms with van der Waals surface area (Å²) in [4.78, 5) is 40.0. The zero-order valence-corrected chi connectivity index (χ0v) is 14.5. The summed E-state index contributed by atoms with van der Waals surface area (Å²) in [5.41, 5.74) is 0.456. The molecule has 0 saturated carbocycles. The number of carbonyl (C=O) groups is 1. The normalized spacial score (nSPS) is 10.5. The number of anilines is 1. The first-order valence-electron chi connectivity index (χ1n) is 7.61. The molecule has 0 unspecified atom stereocenters. The van der Waals surface area contributed by atoms with Gasteiger partial charge in [-0.2, -0.15) is 9.78 Å². The minimum Gasteiger partial charge on any atom is -0.326 e. The number of nitrogens with one attached hydrogen (secondary N) is 1. The first-order valence-corrected chi connectivity index (χ1v) is 7.99. The molecule has 132 valence electrons. The van der Waals surface area contributed by atoms with Crippen LogP contribution >= 0.6 is 11.6 Å². The van der Waals surface area contributed by atoms with E-state index >= 15 is 0 Å². The lowest BCUT2D eigenvalue weighted by atomic mass is 10.2. The van der Waals surface area contributed by atoms with Gasteiger partial charge in [-0.25, -0.2) is 9.78 Å². The van der Waals surface area contributed by atoms with Crippen LogP contribution < -0.4 is 16.6 Å². The number of halogens is 1. The molecule has 1 amide bonds. The summed E-state index contributed by atoms with van der Waals surface area (Å²) in [5, 5.41) is 6.86. The van der Waals surface area contributed by atoms with Gasteiger partial charge in [-0.05, 0) is 29.8 Å². The Morgan fingerprint density at radius 3 is 2.69 bits per heavy atom. The topological polar surface area (TPSA) is 98.9 Å². The molecule has 2 heterocycles. The van der Waals surface area contributed by atoms with E-state index in [9.17, 15) is 14.4 Å². The van der Waals surface area contributed by atoms with Crippen molar-refractivity contribution in [3.05, 3.63) is 80.3 Å². The molecule has 1 N–H and O–H groups in total. The van der Waals surface area contributed by atoms with Gasteiger partial charge in [-0.15, -0.1) is 0 Å². The van der Waals surface area contributed by atoms with E-state index in [1.54, 1.807) is 36.4 Å². The van der Waals surface area contributed by atoms with Crippen molar-refractivity contribution in [3.63, 3.8) is 0 Å². The summed E-state index contributed by atoms with van der Waals surface area (Å²) in [5.74, 6) is -0.234. The van der Waals surface area contributed by atoms with Gasteiger partial charge in [-0.3, -0.25) is 14.2 Å². The predicted octanol–water partition coefficient (Wildman–Crippen LogP) is 1.45. The Kier molecular flexibility index (Phi) is 4.94. The maximum Gasteiger partial charge on any atom is 0.352 e. The molecule has 0 aliphatic carbocycles. The SMILES string of the molecule is CC(=O)Nc1cccc(-n2ncc(=O)n(Cc3ccc(Cl)nc3)c2=O)c1. The van der Waals surface area contributed by atoms with E-state index in [1.807, 2.05) is 0 Å². The lowest BCUT2D eigenvalue weighted by molar-refractivity contribution is -0.114. The highest BCUT2D eigenvalue weighted by molar-refractivity contribution is 6.29. The minimum atomic E-state index is -0.604. The fourth-order valence-corrected chi connectivity index (χ4v) is 2.47. The van der Waals surface area contributed by atoms with Gasteiger partial charge >= 0.3 is 5.69 Å². The largest absolute Gasteiger partial charge is 0.352 e. The maximum atomic E-state index is 12.7. The molecule has 8 nitrogen and oxygen atoms in total. The Balaban J connectivity index is 2.02. The fraction of sp³-hybridized carbons (Fsp3) is 0.118. The molecule has 0 saturated heterocycles. The van der Waals surface area contributed by atoms with Gasteiger partial charge < -0.3 is 5.32 Å². The van der Waals surface area contributed by atoms with Crippen LogP contribution in [0.5, 0.6) is 0 Å². The second-order valence-corrected chi connectivity index (χ2v) is 5.87. The Morgan fingerprint density at radius 2 is 2.00 bits per heavy atom. The van der Waals surface area contributed by atoms with Crippen molar-refractivity contribution >= 4 is 23.2 Å². The zero-order valence-electron chi connectivity index (χ0n) is 13.7. The van der Waals surface area contributed by atoms with Crippen LogP contribution in [0.15, 0.2) is 58.4 Å². The van der Waals surface area contributed by atoms with Crippen LogP contribution in [0.4, 0.5) is 5.69 Å². The van der Waals surface area contributed by atoms with Crippen molar-refractivity contribution in [2.45, 2.75) is 13.5 Å². The van der Waals surface area contributed by atoms with Crippen LogP contribution in [-0.4, -0.2) is 25.2 Å². The van der Waals surface area contributed by atoms with Crippen molar-refractivity contribution < 1.29 is 4.79 Å². The molecule has 0 fully saturated rings. The Bertz CT molecular complexity index is 1070. The smallest absolute Gasteiger partial charge is 0.326 e. The highest BCUT2D eigenvalue weighted by Crippen LogP contribution is 2.12. The molecule has 1 aromatic carbocycles. The van der Waals surface area contributed by atoms with Gasteiger partial charge in [-0.1, -0.05) is 23.7 Å². The van der Waals surface area contributed by atoms with E-state index in [-0.39, 0.29) is 12.5 Å². The average Bonchev–Trinajstić information content (AvgIpc) is 2.60. The molecule has 0 spiro atoms. The maximum absolute atomic E-state index is 12.7. The highest BCUT2D eigenvalue weighted by Gasteiger charge is 2.10. The number of hydrogen-bond donors (Lipinski definition) is 1. The van der Waals surface area contributed by atoms with Crippen LogP contribution in [0, 0.1) is 0 Å². The summed E-state index contributed by atoms with van der Waals surface area (Å²) in [6.07, 6.45) is 2.56. The van der Waals surface area contributed by atoms with Gasteiger partial charge in [0, 0.05) is 18.8 Å². The molecule has 0 aliphatic rings. The zero-order chi connectivity index (χ0) is 18.7. The van der Waals surface area contributed by atoms with E-state index < -0.39 is 11.2 Å². The van der Waals surface area contributed by atoms with E-state index in [4.69, 9.17) is 11.6 Å². The van der Waals surface area contributed by atoms with Crippen molar-refractivity contribution in [2.75, 3.05) is 5.32 Å². The van der Waals surface area contributed by atoms with E-state index in [0.29, 0.717) is 22.1 Å². The van der Waals surface area contributed by atoms with Gasteiger partial charge in [0.2, 0.25) is 5.91 Å². The van der Waals surface area contributed by atoms with Crippen LogP contribution in [0.3, 0.4) is 0 Å². The molecule has 9 heteroatoms. The third kappa shape index (κ3) is 3.86. The van der Waals surface area contributed by atoms with Gasteiger partial charge in [0.15, 0.2) is 0 Å². The number of hydrogen-bond acceptors (Lipinski definition) is 5. The summed E-state index contributed by atoms with van der Waals surface area (Å²) in [6, 6.07) is 9.87. The standard InChI is InChI=1S/C17H14ClN5O3/c1-11(24)21-13-3-2-4-14(7-13)23-17(26)22(16(25)9-20-23)10-12-5-6-15(18)19-8-12/h2-9H,10H2,1H3,(H,21,24). The van der Waals surface area contributed by atoms with Crippen molar-refractivity contribution in [1.29, 1.82) is 0 Å². The molecule has 3 aromatic rings. The molecule has 0 aliphatic heterocycles. The predicted molar refractivity (Wildman–Crippen MR) is 96.7 cm³/mol. The summed E-state index contributed by atoms with van der Waals surface area (Å²) in [7, 11) is 0. The second kappa shape index (κ2) is 7.32. The van der Waals surface area contributed by atoms with Crippen LogP contribution in [0.2, 0.25) is 5.15 Å². The number of rotatable bonds is 4. The summed E-state index contributed by atoms with van der Waals surface area (Å²) < 4.78 is 2.14. The van der Waals surface area contributed by atoms with Gasteiger partial charge in [0.25, 0.3) is 5.56 Å². The molecule has 3 rings (SSSR count). The third-order valence-corrected chi connectivity index (χ3v) is 3.73. The summed E-state index contributed by atoms with van der Waals surface area (Å²) >= 11 is 5.75. The molecule has 0 bridgehead atoms. The highest BCUT2D eigenvalue weighted by atomic mass is 35.5. The number of amides is 1. The molecule has 2 aromatic heterocycles. The third-order valence-electron chi connectivity index (χ3n) is 3.50. The first-order chi connectivity index (χ1) is 12.4. The fourth-order valence-electron chi connectivity index (χ4n) is 2.36. The lowest BCUT2D eigenvalue weighted by Crippen LogP contribution is -2.40. The second-order valence-electron chi connectivity index (χ2n) is 5.48. The van der Waals surface area contributed by atoms with E-state index in [1.165, 1.54) is 13.1 Å². The first kappa shape index (κ1) is 17.6. The van der Waals surface area contributed by atoms with Crippen LogP contribution in [0.1, 0.15) is 12.5 Å². The molecule has 0 radical (unpaired) electrons. The lowest BCUT2D eigenvalue weighted by Gasteiger charge is -2.10. The van der Waals surface area contributed by atoms with Gasteiger partial charge in [0.1, 0.15) is 11.3 Å². The molecular weight excluding hydrogens is 358 g/mol. The van der Waals surface area contributed by atoms with Crippen LogP contribution in [0.25, 0.3) is 5.69 Å². The quantitative estimate of drug-likeness (QED) is 0.700. The van der Waals surface area contributed by atoms with Crippen molar-refractivity contribution in [1.82, 2.24) is 19.3 Å². The Hall–Kier alpha value is -3.26. The molecule has 0 atom stereocenters. The van der Waals surface area contributed by atoms with E-state index in [2.05, 4.69) is 15.4 Å². The average molecular weight is 372 g/mol.